The van der Waals surface area contributed by atoms with Gasteiger partial charge in [0.1, 0.15) is 0 Å². The number of nitrogens with one attached hydrogen (secondary N) is 1. The molecule has 0 saturated heterocycles. The monoisotopic (exact) mass is 201 g/mol. The van der Waals surface area contributed by atoms with E-state index < -0.39 is 0 Å². The van der Waals surface area contributed by atoms with Crippen molar-refractivity contribution in [2.45, 2.75) is 33.7 Å². The van der Waals surface area contributed by atoms with Crippen molar-refractivity contribution >= 4 is 11.8 Å². The Bertz CT molecular complexity index is 148. The minimum atomic E-state index is 0.536. The molecule has 1 N–H and O–H groups in total. The first-order chi connectivity index (χ1) is 6.06. The van der Waals surface area contributed by atoms with Crippen LogP contribution in [0, 0.1) is 5.92 Å². The molecule has 0 heterocycles. The maximum Gasteiger partial charge on any atom is 0.0341 e. The molecule has 0 spiro atoms. The molecule has 1 nitrogen and oxygen atoms in total. The zero-order valence-corrected chi connectivity index (χ0v) is 10.4. The first-order valence-corrected chi connectivity index (χ1v) is 6.11. The largest absolute Gasteiger partial charge is 0.313 e. The van der Waals surface area contributed by atoms with Gasteiger partial charge in [0, 0.05) is 11.8 Å². The molecule has 0 aromatic rings. The maximum atomic E-state index is 3.31. The van der Waals surface area contributed by atoms with Crippen LogP contribution in [0.3, 0.4) is 0 Å². The highest BCUT2D eigenvalue weighted by atomic mass is 32.2. The van der Waals surface area contributed by atoms with Crippen molar-refractivity contribution in [2.24, 2.45) is 5.92 Å². The minimum absolute atomic E-state index is 0.536. The molecule has 0 aliphatic carbocycles. The molecular weight excluding hydrogens is 178 g/mol. The third kappa shape index (κ3) is 8.38. The molecule has 0 aliphatic heterocycles. The van der Waals surface area contributed by atoms with Crippen LogP contribution in [0.15, 0.2) is 11.6 Å². The van der Waals surface area contributed by atoms with Gasteiger partial charge in [-0.25, -0.2) is 0 Å². The van der Waals surface area contributed by atoms with Gasteiger partial charge >= 0.3 is 0 Å². The van der Waals surface area contributed by atoms with E-state index in [-0.39, 0.29) is 0 Å². The number of rotatable bonds is 6. The standard InChI is InChI=1S/C11H23NS/c1-9(2)6-11(12-5)8-13-7-10(3)4/h6,10-12H,7-8H2,1-5H3. The fourth-order valence-corrected chi connectivity index (χ4v) is 2.17. The van der Waals surface area contributed by atoms with Gasteiger partial charge in [0.2, 0.25) is 0 Å². The smallest absolute Gasteiger partial charge is 0.0341 e. The summed E-state index contributed by atoms with van der Waals surface area (Å²) >= 11 is 2.03. The van der Waals surface area contributed by atoms with Crippen LogP contribution in [0.25, 0.3) is 0 Å². The van der Waals surface area contributed by atoms with Crippen LogP contribution >= 0.6 is 11.8 Å². The van der Waals surface area contributed by atoms with E-state index in [0.717, 1.165) is 5.92 Å². The van der Waals surface area contributed by atoms with Crippen molar-refractivity contribution < 1.29 is 0 Å². The third-order valence-electron chi connectivity index (χ3n) is 1.65. The lowest BCUT2D eigenvalue weighted by molar-refractivity contribution is 0.723. The topological polar surface area (TPSA) is 12.0 Å². The van der Waals surface area contributed by atoms with Crippen molar-refractivity contribution in [1.82, 2.24) is 5.32 Å². The van der Waals surface area contributed by atoms with E-state index >= 15 is 0 Å². The fourth-order valence-electron chi connectivity index (χ4n) is 1.05. The number of hydrogen-bond acceptors (Lipinski definition) is 2. The Labute approximate surface area is 87.4 Å². The Morgan fingerprint density at radius 2 is 1.92 bits per heavy atom. The van der Waals surface area contributed by atoms with Crippen LogP contribution in [0.1, 0.15) is 27.7 Å². The van der Waals surface area contributed by atoms with E-state index in [1.807, 2.05) is 18.8 Å². The SMILES string of the molecule is CNC(C=C(C)C)CSCC(C)C. The second-order valence-corrected chi connectivity index (χ2v) is 5.15. The van der Waals surface area contributed by atoms with E-state index in [1.54, 1.807) is 0 Å². The summed E-state index contributed by atoms with van der Waals surface area (Å²) in [4.78, 5) is 0. The van der Waals surface area contributed by atoms with E-state index in [0.29, 0.717) is 6.04 Å². The Morgan fingerprint density at radius 1 is 1.31 bits per heavy atom. The van der Waals surface area contributed by atoms with Gasteiger partial charge in [-0.1, -0.05) is 25.5 Å². The van der Waals surface area contributed by atoms with Crippen LogP contribution in [-0.2, 0) is 0 Å². The lowest BCUT2D eigenvalue weighted by Gasteiger charge is -2.12. The summed E-state index contributed by atoms with van der Waals surface area (Å²) in [5.41, 5.74) is 1.39. The molecular formula is C11H23NS. The summed E-state index contributed by atoms with van der Waals surface area (Å²) in [6.07, 6.45) is 2.30. The Morgan fingerprint density at radius 3 is 2.31 bits per heavy atom. The van der Waals surface area contributed by atoms with Gasteiger partial charge in [0.25, 0.3) is 0 Å². The van der Waals surface area contributed by atoms with Crippen LogP contribution in [0.5, 0.6) is 0 Å². The highest BCUT2D eigenvalue weighted by Crippen LogP contribution is 2.10. The average molecular weight is 201 g/mol. The summed E-state index contributed by atoms with van der Waals surface area (Å²) < 4.78 is 0. The second-order valence-electron chi connectivity index (χ2n) is 4.07. The molecule has 0 saturated carbocycles. The van der Waals surface area contributed by atoms with E-state index in [9.17, 15) is 0 Å². The highest BCUT2D eigenvalue weighted by Gasteiger charge is 2.02. The molecule has 13 heavy (non-hydrogen) atoms. The maximum absolute atomic E-state index is 3.31. The first kappa shape index (κ1) is 13.1. The van der Waals surface area contributed by atoms with Gasteiger partial charge < -0.3 is 5.32 Å². The van der Waals surface area contributed by atoms with Crippen LogP contribution in [0.4, 0.5) is 0 Å². The quantitative estimate of drug-likeness (QED) is 0.663. The lowest BCUT2D eigenvalue weighted by atomic mass is 10.2. The zero-order valence-electron chi connectivity index (χ0n) is 9.55. The van der Waals surface area contributed by atoms with Gasteiger partial charge in [0.15, 0.2) is 0 Å². The van der Waals surface area contributed by atoms with Gasteiger partial charge in [-0.05, 0) is 32.6 Å². The molecule has 0 radical (unpaired) electrons. The van der Waals surface area contributed by atoms with Gasteiger partial charge in [-0.15, -0.1) is 0 Å². The Hall–Kier alpha value is 0.0500. The molecule has 0 bridgehead atoms. The highest BCUT2D eigenvalue weighted by molar-refractivity contribution is 7.99. The van der Waals surface area contributed by atoms with Crippen LogP contribution in [-0.4, -0.2) is 24.6 Å². The molecule has 78 valence electrons. The number of thioether (sulfide) groups is 1. The number of hydrogen-bond donors (Lipinski definition) is 1. The van der Waals surface area contributed by atoms with Crippen LogP contribution < -0.4 is 5.32 Å². The van der Waals surface area contributed by atoms with Gasteiger partial charge in [0.05, 0.1) is 0 Å². The fraction of sp³-hybridized carbons (Fsp3) is 0.818. The second kappa shape index (κ2) is 7.45. The zero-order chi connectivity index (χ0) is 10.3. The summed E-state index contributed by atoms with van der Waals surface area (Å²) in [6, 6.07) is 0.536. The molecule has 0 rings (SSSR count). The Balaban J connectivity index is 3.67. The van der Waals surface area contributed by atoms with Crippen molar-refractivity contribution in [3.63, 3.8) is 0 Å². The molecule has 0 aliphatic rings. The average Bonchev–Trinajstić information content (AvgIpc) is 2.01. The minimum Gasteiger partial charge on any atom is -0.313 e. The first-order valence-electron chi connectivity index (χ1n) is 4.96. The van der Waals surface area contributed by atoms with Crippen molar-refractivity contribution in [2.75, 3.05) is 18.6 Å². The molecule has 1 unspecified atom stereocenters. The molecule has 0 amide bonds. The summed E-state index contributed by atoms with van der Waals surface area (Å²) in [5.74, 6) is 3.24. The van der Waals surface area contributed by atoms with E-state index in [2.05, 4.69) is 39.1 Å². The molecule has 0 aromatic heterocycles. The number of likely N-dealkylation sites (N-methyl/N-ethyl adjacent to an activating group) is 1. The van der Waals surface area contributed by atoms with Crippen LogP contribution in [0.2, 0.25) is 0 Å². The van der Waals surface area contributed by atoms with Gasteiger partial charge in [-0.3, -0.25) is 0 Å². The van der Waals surface area contributed by atoms with Crippen molar-refractivity contribution in [1.29, 1.82) is 0 Å². The molecule has 0 fully saturated rings. The summed E-state index contributed by atoms with van der Waals surface area (Å²) in [6.45, 7) is 8.83. The molecule has 2 heteroatoms. The van der Waals surface area contributed by atoms with Gasteiger partial charge in [-0.2, -0.15) is 11.8 Å². The number of allylic oxidation sites excluding steroid dienone is 1. The predicted molar refractivity (Wildman–Crippen MR) is 64.4 cm³/mol. The molecule has 1 atom stereocenters. The van der Waals surface area contributed by atoms with Crippen molar-refractivity contribution in [3.8, 4) is 0 Å². The Kier molecular flexibility index (Phi) is 7.48. The van der Waals surface area contributed by atoms with E-state index in [1.165, 1.54) is 17.1 Å². The third-order valence-corrected chi connectivity index (χ3v) is 3.15. The summed E-state index contributed by atoms with van der Waals surface area (Å²) in [5, 5.41) is 3.31. The lowest BCUT2D eigenvalue weighted by Crippen LogP contribution is -2.25. The normalized spacial score (nSPS) is 13.1. The van der Waals surface area contributed by atoms with Crippen molar-refractivity contribution in [3.05, 3.63) is 11.6 Å². The van der Waals surface area contributed by atoms with E-state index in [4.69, 9.17) is 0 Å². The predicted octanol–water partition coefficient (Wildman–Crippen LogP) is 2.93. The molecule has 0 aromatic carbocycles. The summed E-state index contributed by atoms with van der Waals surface area (Å²) in [7, 11) is 2.03.